The largest absolute Gasteiger partial charge is 0.337 e. The summed E-state index contributed by atoms with van der Waals surface area (Å²) in [4.78, 5) is 21.6. The van der Waals surface area contributed by atoms with E-state index in [1.54, 1.807) is 11.3 Å². The quantitative estimate of drug-likeness (QED) is 0.865. The number of thiazole rings is 1. The molecule has 0 N–H and O–H groups in total. The van der Waals surface area contributed by atoms with Crippen LogP contribution in [0.1, 0.15) is 17.8 Å². The monoisotopic (exact) mass is 335 g/mol. The lowest BCUT2D eigenvalue weighted by molar-refractivity contribution is -0.134. The van der Waals surface area contributed by atoms with Crippen LogP contribution in [-0.4, -0.2) is 52.9 Å². The van der Waals surface area contributed by atoms with Crippen LogP contribution in [-0.2, 0) is 11.2 Å². The summed E-state index contributed by atoms with van der Waals surface area (Å²) in [5.74, 6) is 0.281. The number of rotatable bonds is 3. The number of carbonyl (C=O) groups excluding carboxylic acids is 1. The summed E-state index contributed by atoms with van der Waals surface area (Å²) in [5, 5.41) is 1.73. The van der Waals surface area contributed by atoms with Gasteiger partial charge in [-0.05, 0) is 24.6 Å². The van der Waals surface area contributed by atoms with Gasteiger partial charge in [-0.15, -0.1) is 11.3 Å². The van der Waals surface area contributed by atoms with Gasteiger partial charge in [0.25, 0.3) is 0 Å². The van der Waals surface area contributed by atoms with Crippen LogP contribution in [0, 0.1) is 0 Å². The molecule has 116 valence electrons. The number of fused-ring (bicyclic) bond motifs is 3. The van der Waals surface area contributed by atoms with Gasteiger partial charge in [-0.3, -0.25) is 9.69 Å². The van der Waals surface area contributed by atoms with Crippen LogP contribution in [0.2, 0.25) is 5.02 Å². The zero-order valence-corrected chi connectivity index (χ0v) is 13.9. The van der Waals surface area contributed by atoms with Crippen molar-refractivity contribution < 1.29 is 4.79 Å². The van der Waals surface area contributed by atoms with Crippen molar-refractivity contribution in [3.05, 3.63) is 28.2 Å². The highest BCUT2D eigenvalue weighted by molar-refractivity contribution is 7.18. The standard InChI is InChI=1S/C16H18ClN3OS/c17-11-1-2-14-13(9-11)18-15(22-14)3-4-16(21)20-8-7-19-6-5-12(20)10-19/h1-2,9,12H,3-8,10H2. The van der Waals surface area contributed by atoms with Gasteiger partial charge in [0.15, 0.2) is 0 Å². The fourth-order valence-electron chi connectivity index (χ4n) is 3.44. The van der Waals surface area contributed by atoms with Gasteiger partial charge in [-0.25, -0.2) is 4.98 Å². The van der Waals surface area contributed by atoms with Crippen LogP contribution in [0.15, 0.2) is 18.2 Å². The second kappa shape index (κ2) is 5.80. The van der Waals surface area contributed by atoms with Crippen LogP contribution in [0.3, 0.4) is 0 Å². The molecule has 2 unspecified atom stereocenters. The van der Waals surface area contributed by atoms with Gasteiger partial charge in [-0.1, -0.05) is 11.6 Å². The Bertz CT molecular complexity index is 716. The molecule has 2 fully saturated rings. The number of halogens is 1. The van der Waals surface area contributed by atoms with E-state index in [1.165, 1.54) is 0 Å². The summed E-state index contributed by atoms with van der Waals surface area (Å²) in [6.45, 7) is 4.12. The molecule has 1 aromatic heterocycles. The maximum Gasteiger partial charge on any atom is 0.223 e. The Hall–Kier alpha value is -1.17. The maximum atomic E-state index is 12.5. The number of hydrogen-bond acceptors (Lipinski definition) is 4. The topological polar surface area (TPSA) is 36.4 Å². The Labute approximate surface area is 138 Å². The van der Waals surface area contributed by atoms with E-state index in [0.29, 0.717) is 17.5 Å². The third-order valence-electron chi connectivity index (χ3n) is 4.61. The van der Waals surface area contributed by atoms with Gasteiger partial charge in [0.05, 0.1) is 15.2 Å². The first-order valence-electron chi connectivity index (χ1n) is 7.76. The minimum atomic E-state index is 0.281. The summed E-state index contributed by atoms with van der Waals surface area (Å²) < 4.78 is 1.14. The Morgan fingerprint density at radius 3 is 3.18 bits per heavy atom. The first-order chi connectivity index (χ1) is 10.7. The number of aryl methyl sites for hydroxylation is 1. The molecule has 2 aliphatic heterocycles. The maximum absolute atomic E-state index is 12.5. The van der Waals surface area contributed by atoms with Crippen molar-refractivity contribution >= 4 is 39.1 Å². The fraction of sp³-hybridized carbons (Fsp3) is 0.500. The van der Waals surface area contributed by atoms with E-state index in [2.05, 4.69) is 14.8 Å². The van der Waals surface area contributed by atoms with Crippen LogP contribution >= 0.6 is 22.9 Å². The normalized spacial score (nSPS) is 24.1. The van der Waals surface area contributed by atoms with Gasteiger partial charge in [0.2, 0.25) is 5.91 Å². The molecule has 2 aliphatic rings. The lowest BCUT2D eigenvalue weighted by Gasteiger charge is -2.34. The highest BCUT2D eigenvalue weighted by Gasteiger charge is 2.34. The predicted octanol–water partition coefficient (Wildman–Crippen LogP) is 2.80. The molecule has 22 heavy (non-hydrogen) atoms. The molecule has 2 aromatic rings. The molecule has 0 aliphatic carbocycles. The molecular weight excluding hydrogens is 318 g/mol. The Morgan fingerprint density at radius 1 is 1.36 bits per heavy atom. The van der Waals surface area contributed by atoms with E-state index in [0.717, 1.165) is 54.2 Å². The second-order valence-corrected chi connectivity index (χ2v) is 7.60. The molecule has 4 rings (SSSR count). The first kappa shape index (κ1) is 14.4. The minimum Gasteiger partial charge on any atom is -0.337 e. The molecule has 1 aromatic carbocycles. The van der Waals surface area contributed by atoms with E-state index in [1.807, 2.05) is 18.2 Å². The number of piperazine rings is 1. The number of hydrogen-bond donors (Lipinski definition) is 0. The van der Waals surface area contributed by atoms with Crippen LogP contribution in [0.5, 0.6) is 0 Å². The third-order valence-corrected chi connectivity index (χ3v) is 5.94. The molecule has 2 atom stereocenters. The molecule has 4 nitrogen and oxygen atoms in total. The molecule has 2 bridgehead atoms. The lowest BCUT2D eigenvalue weighted by Crippen LogP contribution is -2.49. The summed E-state index contributed by atoms with van der Waals surface area (Å²) in [6, 6.07) is 6.21. The van der Waals surface area contributed by atoms with Crippen molar-refractivity contribution in [3.63, 3.8) is 0 Å². The van der Waals surface area contributed by atoms with Gasteiger partial charge in [0.1, 0.15) is 0 Å². The summed E-state index contributed by atoms with van der Waals surface area (Å²) in [5.41, 5.74) is 0.935. The fourth-order valence-corrected chi connectivity index (χ4v) is 4.56. The zero-order chi connectivity index (χ0) is 15.1. The molecule has 2 saturated heterocycles. The Balaban J connectivity index is 1.41. The minimum absolute atomic E-state index is 0.281. The number of benzene rings is 1. The van der Waals surface area contributed by atoms with Crippen molar-refractivity contribution in [2.75, 3.05) is 26.2 Å². The van der Waals surface area contributed by atoms with Gasteiger partial charge in [0, 0.05) is 50.1 Å². The van der Waals surface area contributed by atoms with E-state index in [-0.39, 0.29) is 5.91 Å². The molecule has 1 amide bonds. The zero-order valence-electron chi connectivity index (χ0n) is 12.3. The lowest BCUT2D eigenvalue weighted by atomic mass is 10.1. The van der Waals surface area contributed by atoms with Crippen LogP contribution < -0.4 is 0 Å². The number of carbonyl (C=O) groups is 1. The molecule has 3 heterocycles. The summed E-state index contributed by atoms with van der Waals surface area (Å²) in [7, 11) is 0. The Kier molecular flexibility index (Phi) is 3.80. The van der Waals surface area contributed by atoms with Crippen LogP contribution in [0.4, 0.5) is 0 Å². The van der Waals surface area contributed by atoms with Crippen molar-refractivity contribution in [1.82, 2.24) is 14.8 Å². The van der Waals surface area contributed by atoms with Gasteiger partial charge >= 0.3 is 0 Å². The van der Waals surface area contributed by atoms with Crippen molar-refractivity contribution in [2.24, 2.45) is 0 Å². The van der Waals surface area contributed by atoms with Crippen molar-refractivity contribution in [3.8, 4) is 0 Å². The SMILES string of the molecule is O=C(CCc1nc2cc(Cl)ccc2s1)N1CCN2CCC1C2. The van der Waals surface area contributed by atoms with Crippen LogP contribution in [0.25, 0.3) is 10.2 Å². The average Bonchev–Trinajstić information content (AvgIpc) is 3.08. The second-order valence-electron chi connectivity index (χ2n) is 6.05. The van der Waals surface area contributed by atoms with E-state index >= 15 is 0 Å². The summed E-state index contributed by atoms with van der Waals surface area (Å²) in [6.07, 6.45) is 2.41. The summed E-state index contributed by atoms with van der Waals surface area (Å²) >= 11 is 7.65. The molecule has 0 saturated carbocycles. The van der Waals surface area contributed by atoms with E-state index in [4.69, 9.17) is 11.6 Å². The highest BCUT2D eigenvalue weighted by Crippen LogP contribution is 2.26. The molecule has 0 radical (unpaired) electrons. The van der Waals surface area contributed by atoms with Gasteiger partial charge < -0.3 is 4.90 Å². The molecule has 0 spiro atoms. The number of amides is 1. The molecule has 6 heteroatoms. The smallest absolute Gasteiger partial charge is 0.223 e. The van der Waals surface area contributed by atoms with E-state index in [9.17, 15) is 4.79 Å². The number of aromatic nitrogens is 1. The third kappa shape index (κ3) is 2.73. The first-order valence-corrected chi connectivity index (χ1v) is 8.95. The van der Waals surface area contributed by atoms with Crippen molar-refractivity contribution in [2.45, 2.75) is 25.3 Å². The average molecular weight is 336 g/mol. The Morgan fingerprint density at radius 2 is 2.27 bits per heavy atom. The van der Waals surface area contributed by atoms with Crippen molar-refractivity contribution in [1.29, 1.82) is 0 Å². The highest BCUT2D eigenvalue weighted by atomic mass is 35.5. The van der Waals surface area contributed by atoms with E-state index < -0.39 is 0 Å². The van der Waals surface area contributed by atoms with Gasteiger partial charge in [-0.2, -0.15) is 0 Å². The predicted molar refractivity (Wildman–Crippen MR) is 89.5 cm³/mol. The number of nitrogens with zero attached hydrogens (tertiary/aromatic N) is 3. The molecular formula is C16H18ClN3OS.